The van der Waals surface area contributed by atoms with Crippen LogP contribution < -0.4 is 5.32 Å². The number of anilines is 1. The number of benzene rings is 1. The van der Waals surface area contributed by atoms with E-state index in [4.69, 9.17) is 14.4 Å². The summed E-state index contributed by atoms with van der Waals surface area (Å²) in [5.41, 5.74) is 3.95. The molecule has 2 N–H and O–H groups in total. The third-order valence-electron chi connectivity index (χ3n) is 5.64. The maximum atomic E-state index is 12.6. The summed E-state index contributed by atoms with van der Waals surface area (Å²) in [6.07, 6.45) is -3.36. The monoisotopic (exact) mass is 425 g/mol. The molecule has 1 saturated heterocycles. The van der Waals surface area contributed by atoms with Gasteiger partial charge < -0.3 is 14.9 Å². The van der Waals surface area contributed by atoms with Crippen molar-refractivity contribution in [2.45, 2.75) is 44.8 Å². The lowest BCUT2D eigenvalue weighted by Crippen LogP contribution is -2.46. The lowest BCUT2D eigenvalue weighted by molar-refractivity contribution is -0.192. The van der Waals surface area contributed by atoms with Crippen LogP contribution in [0.15, 0.2) is 28.8 Å². The first-order chi connectivity index (χ1) is 14.0. The second kappa shape index (κ2) is 8.10. The molecule has 0 aliphatic carbocycles. The van der Waals surface area contributed by atoms with E-state index in [1.807, 2.05) is 32.0 Å². The molecule has 3 heterocycles. The van der Waals surface area contributed by atoms with Gasteiger partial charge in [-0.05, 0) is 51.4 Å². The fourth-order valence-electron chi connectivity index (χ4n) is 3.91. The highest BCUT2D eigenvalue weighted by Crippen LogP contribution is 2.44. The highest BCUT2D eigenvalue weighted by molar-refractivity contribution is 6.06. The van der Waals surface area contributed by atoms with E-state index in [0.29, 0.717) is 0 Å². The van der Waals surface area contributed by atoms with Gasteiger partial charge in [-0.15, -0.1) is 0 Å². The Morgan fingerprint density at radius 3 is 2.40 bits per heavy atom. The molecular formula is C20H22F3N3O4. The second-order valence-corrected chi connectivity index (χ2v) is 7.46. The minimum atomic E-state index is -5.08. The molecule has 1 aromatic carbocycles. The number of rotatable bonds is 2. The van der Waals surface area contributed by atoms with E-state index in [0.717, 1.165) is 49.6 Å². The summed E-state index contributed by atoms with van der Waals surface area (Å²) in [6.45, 7) is 6.61. The number of aromatic nitrogens is 1. The summed E-state index contributed by atoms with van der Waals surface area (Å²) in [5.74, 6) is -1.70. The number of nitrogens with one attached hydrogen (secondary N) is 1. The number of fused-ring (bicyclic) bond motifs is 2. The number of carbonyl (C=O) groups is 2. The van der Waals surface area contributed by atoms with Crippen molar-refractivity contribution in [1.82, 2.24) is 10.1 Å². The van der Waals surface area contributed by atoms with Crippen molar-refractivity contribution in [1.29, 1.82) is 0 Å². The van der Waals surface area contributed by atoms with E-state index in [1.165, 1.54) is 11.1 Å². The lowest BCUT2D eigenvalue weighted by Gasteiger charge is -2.38. The topological polar surface area (TPSA) is 95.7 Å². The molecule has 7 nitrogen and oxygen atoms in total. The Kier molecular flexibility index (Phi) is 5.89. The predicted molar refractivity (Wildman–Crippen MR) is 101 cm³/mol. The molecule has 1 fully saturated rings. The molecule has 2 aliphatic rings. The van der Waals surface area contributed by atoms with Crippen LogP contribution in [0, 0.1) is 13.8 Å². The zero-order chi connectivity index (χ0) is 22.1. The number of carbonyl (C=O) groups excluding carboxylic acids is 1. The summed E-state index contributed by atoms with van der Waals surface area (Å²) < 4.78 is 37.0. The number of hydrogen-bond acceptors (Lipinski definition) is 5. The first-order valence-corrected chi connectivity index (χ1v) is 9.40. The molecule has 162 valence electrons. The number of aliphatic carboxylic acids is 1. The van der Waals surface area contributed by atoms with Crippen LogP contribution in [0.2, 0.25) is 0 Å². The smallest absolute Gasteiger partial charge is 0.475 e. The number of alkyl halides is 3. The largest absolute Gasteiger partial charge is 0.490 e. The Morgan fingerprint density at radius 2 is 1.87 bits per heavy atom. The van der Waals surface area contributed by atoms with Gasteiger partial charge in [0.25, 0.3) is 0 Å². The molecule has 0 unspecified atom stereocenters. The molecule has 1 aromatic heterocycles. The highest BCUT2D eigenvalue weighted by Gasteiger charge is 2.48. The average Bonchev–Trinajstić information content (AvgIpc) is 3.14. The normalized spacial score (nSPS) is 17.8. The number of carboxylic acids is 1. The van der Waals surface area contributed by atoms with Crippen LogP contribution in [0.4, 0.5) is 18.9 Å². The van der Waals surface area contributed by atoms with Crippen LogP contribution in [-0.2, 0) is 21.5 Å². The van der Waals surface area contributed by atoms with Crippen molar-refractivity contribution in [3.63, 3.8) is 0 Å². The van der Waals surface area contributed by atoms with E-state index < -0.39 is 12.1 Å². The van der Waals surface area contributed by atoms with Crippen LogP contribution in [0.25, 0.3) is 0 Å². The van der Waals surface area contributed by atoms with Crippen molar-refractivity contribution in [3.05, 3.63) is 46.8 Å². The number of likely N-dealkylation sites (tertiary alicyclic amines) is 1. The van der Waals surface area contributed by atoms with Crippen molar-refractivity contribution in [2.24, 2.45) is 0 Å². The molecule has 4 rings (SSSR count). The molecule has 2 aliphatic heterocycles. The van der Waals surface area contributed by atoms with E-state index in [-0.39, 0.29) is 11.3 Å². The molecule has 2 aromatic rings. The Bertz CT molecular complexity index is 928. The quantitative estimate of drug-likeness (QED) is 0.766. The summed E-state index contributed by atoms with van der Waals surface area (Å²) in [6, 6.07) is 8.09. The van der Waals surface area contributed by atoms with Gasteiger partial charge in [0.15, 0.2) is 0 Å². The van der Waals surface area contributed by atoms with Crippen LogP contribution >= 0.6 is 0 Å². The van der Waals surface area contributed by atoms with Gasteiger partial charge in [-0.1, -0.05) is 23.4 Å². The molecule has 1 spiro atoms. The van der Waals surface area contributed by atoms with E-state index in [1.54, 1.807) is 0 Å². The van der Waals surface area contributed by atoms with Gasteiger partial charge in [0, 0.05) is 17.8 Å². The van der Waals surface area contributed by atoms with Gasteiger partial charge in [-0.25, -0.2) is 4.79 Å². The molecule has 0 radical (unpaired) electrons. The number of piperidine rings is 1. The molecule has 0 saturated carbocycles. The molecule has 30 heavy (non-hydrogen) atoms. The number of nitrogens with zero attached hydrogens (tertiary/aromatic N) is 2. The summed E-state index contributed by atoms with van der Waals surface area (Å²) >= 11 is 0. The fraction of sp³-hybridized carbons (Fsp3) is 0.450. The molecule has 10 heteroatoms. The number of hydrogen-bond donors (Lipinski definition) is 2. The van der Waals surface area contributed by atoms with Gasteiger partial charge in [-0.2, -0.15) is 13.2 Å². The average molecular weight is 425 g/mol. The van der Waals surface area contributed by atoms with Crippen LogP contribution in [0.5, 0.6) is 0 Å². The summed E-state index contributed by atoms with van der Waals surface area (Å²) in [7, 11) is 0. The number of amides is 1. The van der Waals surface area contributed by atoms with E-state index in [2.05, 4.69) is 21.4 Å². The Hall–Kier alpha value is -2.88. The predicted octanol–water partition coefficient (Wildman–Crippen LogP) is 3.41. The zero-order valence-electron chi connectivity index (χ0n) is 16.5. The Morgan fingerprint density at radius 1 is 1.27 bits per heavy atom. The minimum Gasteiger partial charge on any atom is -0.475 e. The molecule has 0 bridgehead atoms. The van der Waals surface area contributed by atoms with Crippen molar-refractivity contribution >= 4 is 17.6 Å². The summed E-state index contributed by atoms with van der Waals surface area (Å²) in [4.78, 5) is 23.9. The number of aryl methyl sites for hydroxylation is 2. The second-order valence-electron chi connectivity index (χ2n) is 7.46. The minimum absolute atomic E-state index is 0.163. The molecule has 1 amide bonds. The van der Waals surface area contributed by atoms with Gasteiger partial charge in [0.1, 0.15) is 5.76 Å². The van der Waals surface area contributed by atoms with Gasteiger partial charge in [0.2, 0.25) is 5.91 Å². The third-order valence-corrected chi connectivity index (χ3v) is 5.64. The van der Waals surface area contributed by atoms with Crippen LogP contribution in [-0.4, -0.2) is 46.3 Å². The third kappa shape index (κ3) is 4.18. The fourth-order valence-corrected chi connectivity index (χ4v) is 3.91. The number of para-hydroxylation sites is 1. The van der Waals surface area contributed by atoms with Gasteiger partial charge >= 0.3 is 12.1 Å². The van der Waals surface area contributed by atoms with Crippen molar-refractivity contribution < 1.29 is 32.4 Å². The number of carboxylic acid groups (broad SMARTS) is 1. The van der Waals surface area contributed by atoms with Crippen LogP contribution in [0.1, 0.15) is 35.4 Å². The lowest BCUT2D eigenvalue weighted by atomic mass is 9.73. The standard InChI is InChI=1S/C18H21N3O2.C2HF3O2/c1-12-14(13(2)23-20-12)11-21-9-7-18(8-10-21)15-5-3-4-6-16(15)19-17(18)22;3-2(4,5)1(6)7/h3-6H,7-11H2,1-2H3,(H,19,22);(H,6,7). The van der Waals surface area contributed by atoms with Gasteiger partial charge in [0.05, 0.1) is 11.1 Å². The van der Waals surface area contributed by atoms with Crippen molar-refractivity contribution in [2.75, 3.05) is 18.4 Å². The summed E-state index contributed by atoms with van der Waals surface area (Å²) in [5, 5.41) is 14.2. The van der Waals surface area contributed by atoms with Gasteiger partial charge in [-0.3, -0.25) is 9.69 Å². The maximum Gasteiger partial charge on any atom is 0.490 e. The van der Waals surface area contributed by atoms with E-state index in [9.17, 15) is 18.0 Å². The number of halogens is 3. The Balaban J connectivity index is 0.000000318. The van der Waals surface area contributed by atoms with E-state index >= 15 is 0 Å². The van der Waals surface area contributed by atoms with Crippen molar-refractivity contribution in [3.8, 4) is 0 Å². The van der Waals surface area contributed by atoms with Crippen LogP contribution in [0.3, 0.4) is 0 Å². The SMILES string of the molecule is Cc1noc(C)c1CN1CCC2(CC1)C(=O)Nc1ccccc12.O=C(O)C(F)(F)F. The zero-order valence-corrected chi connectivity index (χ0v) is 16.5. The highest BCUT2D eigenvalue weighted by atomic mass is 19.4. The first kappa shape index (κ1) is 21.8. The molecule has 0 atom stereocenters. The Labute approximate surface area is 170 Å². The maximum absolute atomic E-state index is 12.6. The molecular weight excluding hydrogens is 403 g/mol. The first-order valence-electron chi connectivity index (χ1n) is 9.40.